The standard InChI is InChI=1S/C31H35BrN2O9S/c1-20(2)29(37)41-21(3)42-30(38)33-26(28(35)36)17-22-10-9-13-24(16-22)44(39,40)34-18-31(19-34,23-11-5-4-6-12-23)43-27-15-8-7-14-25(27)32/h4-16,20-21,26,28,35-36H,17-19H2,1-3H3,(H,33,38). The highest BCUT2D eigenvalue weighted by atomic mass is 79.9. The summed E-state index contributed by atoms with van der Waals surface area (Å²) in [6.07, 6.45) is -4.37. The number of nitrogens with one attached hydrogen (secondary N) is 1. The van der Waals surface area contributed by atoms with Gasteiger partial charge in [-0.25, -0.2) is 13.2 Å². The summed E-state index contributed by atoms with van der Waals surface area (Å²) in [5.74, 6) is -0.406. The van der Waals surface area contributed by atoms with E-state index >= 15 is 0 Å². The predicted molar refractivity (Wildman–Crippen MR) is 164 cm³/mol. The number of hydrogen-bond acceptors (Lipinski definition) is 9. The van der Waals surface area contributed by atoms with Gasteiger partial charge in [-0.15, -0.1) is 0 Å². The van der Waals surface area contributed by atoms with Crippen LogP contribution in [-0.2, 0) is 36.3 Å². The second-order valence-electron chi connectivity index (χ2n) is 10.7. The summed E-state index contributed by atoms with van der Waals surface area (Å²) < 4.78 is 45.9. The van der Waals surface area contributed by atoms with Crippen molar-refractivity contribution in [3.63, 3.8) is 0 Å². The molecule has 2 unspecified atom stereocenters. The molecule has 1 aliphatic rings. The Morgan fingerprint density at radius 3 is 2.25 bits per heavy atom. The minimum Gasteiger partial charge on any atom is -0.479 e. The Kier molecular flexibility index (Phi) is 10.7. The summed E-state index contributed by atoms with van der Waals surface area (Å²) in [7, 11) is -3.96. The van der Waals surface area contributed by atoms with Crippen molar-refractivity contribution >= 4 is 38.0 Å². The number of rotatable bonds is 12. The van der Waals surface area contributed by atoms with Crippen LogP contribution in [0.1, 0.15) is 31.9 Å². The van der Waals surface area contributed by atoms with Gasteiger partial charge in [0, 0.05) is 6.92 Å². The van der Waals surface area contributed by atoms with Crippen LogP contribution in [0, 0.1) is 5.92 Å². The first-order valence-corrected chi connectivity index (χ1v) is 16.2. The summed E-state index contributed by atoms with van der Waals surface area (Å²) in [6.45, 7) is 4.73. The molecule has 1 heterocycles. The van der Waals surface area contributed by atoms with Gasteiger partial charge in [0.05, 0.1) is 34.4 Å². The Morgan fingerprint density at radius 1 is 0.955 bits per heavy atom. The third-order valence-electron chi connectivity index (χ3n) is 6.99. The van der Waals surface area contributed by atoms with Crippen LogP contribution in [0.15, 0.2) is 88.2 Å². The van der Waals surface area contributed by atoms with Gasteiger partial charge in [0.25, 0.3) is 0 Å². The minimum atomic E-state index is -3.96. The Hall–Kier alpha value is -3.49. The van der Waals surface area contributed by atoms with Crippen LogP contribution in [0.25, 0.3) is 0 Å². The van der Waals surface area contributed by atoms with E-state index in [1.54, 1.807) is 19.9 Å². The predicted octanol–water partition coefficient (Wildman–Crippen LogP) is 3.92. The number of sulfonamides is 1. The summed E-state index contributed by atoms with van der Waals surface area (Å²) in [5, 5.41) is 22.1. The zero-order valence-electron chi connectivity index (χ0n) is 24.4. The number of halogens is 1. The van der Waals surface area contributed by atoms with Crippen molar-refractivity contribution in [2.24, 2.45) is 5.92 Å². The number of hydrogen-bond donors (Lipinski definition) is 3. The van der Waals surface area contributed by atoms with E-state index in [0.29, 0.717) is 11.3 Å². The Bertz CT molecular complexity index is 1560. The number of para-hydroxylation sites is 1. The van der Waals surface area contributed by atoms with E-state index in [1.807, 2.05) is 54.6 Å². The maximum absolute atomic E-state index is 13.7. The number of aliphatic hydroxyl groups is 2. The van der Waals surface area contributed by atoms with Crippen molar-refractivity contribution < 1.29 is 42.4 Å². The van der Waals surface area contributed by atoms with Gasteiger partial charge >= 0.3 is 12.1 Å². The average Bonchev–Trinajstić information content (AvgIpc) is 2.95. The van der Waals surface area contributed by atoms with Gasteiger partial charge in [0.2, 0.25) is 16.3 Å². The fraction of sp³-hybridized carbons (Fsp3) is 0.355. The second kappa shape index (κ2) is 14.1. The number of carbonyl (C=O) groups is 2. The first-order valence-electron chi connectivity index (χ1n) is 13.9. The SMILES string of the molecule is CC(OC(=O)NC(Cc1cccc(S(=O)(=O)N2CC(Oc3ccccc3Br)(c3ccccc3)C2)c1)C(O)O)OC(=O)C(C)C. The number of nitrogens with zero attached hydrogens (tertiary/aromatic N) is 1. The normalized spacial score (nSPS) is 16.1. The van der Waals surface area contributed by atoms with Crippen molar-refractivity contribution in [2.45, 2.75) is 56.3 Å². The highest BCUT2D eigenvalue weighted by Gasteiger charge is 2.52. The van der Waals surface area contributed by atoms with Crippen molar-refractivity contribution in [1.29, 1.82) is 0 Å². The molecule has 0 spiro atoms. The van der Waals surface area contributed by atoms with Crippen molar-refractivity contribution in [3.05, 3.63) is 94.5 Å². The summed E-state index contributed by atoms with van der Waals surface area (Å²) >= 11 is 3.50. The maximum Gasteiger partial charge on any atom is 0.410 e. The molecular weight excluding hydrogens is 656 g/mol. The lowest BCUT2D eigenvalue weighted by atomic mass is 9.87. The largest absolute Gasteiger partial charge is 0.479 e. The molecule has 1 fully saturated rings. The minimum absolute atomic E-state index is 0.000490. The van der Waals surface area contributed by atoms with Crippen LogP contribution in [0.4, 0.5) is 4.79 Å². The molecule has 1 aliphatic heterocycles. The average molecular weight is 692 g/mol. The lowest BCUT2D eigenvalue weighted by Crippen LogP contribution is -2.64. The molecule has 13 heteroatoms. The molecule has 236 valence electrons. The Morgan fingerprint density at radius 2 is 1.61 bits per heavy atom. The molecule has 11 nitrogen and oxygen atoms in total. The van der Waals surface area contributed by atoms with Gasteiger partial charge in [-0.1, -0.05) is 68.4 Å². The molecule has 3 aromatic rings. The molecule has 3 N–H and O–H groups in total. The van der Waals surface area contributed by atoms with E-state index in [2.05, 4.69) is 21.2 Å². The van der Waals surface area contributed by atoms with Crippen LogP contribution in [0.5, 0.6) is 5.75 Å². The molecule has 1 amide bonds. The number of esters is 1. The monoisotopic (exact) mass is 690 g/mol. The van der Waals surface area contributed by atoms with Crippen LogP contribution >= 0.6 is 15.9 Å². The van der Waals surface area contributed by atoms with Gasteiger partial charge in [0.15, 0.2) is 11.9 Å². The molecule has 4 rings (SSSR count). The number of carbonyl (C=O) groups excluding carboxylic acids is 2. The number of amides is 1. The van der Waals surface area contributed by atoms with E-state index in [9.17, 15) is 28.2 Å². The van der Waals surface area contributed by atoms with E-state index in [1.165, 1.54) is 29.4 Å². The van der Waals surface area contributed by atoms with Crippen LogP contribution in [-0.4, -0.2) is 66.7 Å². The van der Waals surface area contributed by atoms with Crippen LogP contribution < -0.4 is 10.1 Å². The van der Waals surface area contributed by atoms with Crippen molar-refractivity contribution in [1.82, 2.24) is 9.62 Å². The zero-order chi connectivity index (χ0) is 32.1. The maximum atomic E-state index is 13.7. The van der Waals surface area contributed by atoms with Crippen molar-refractivity contribution in [3.8, 4) is 5.75 Å². The number of ether oxygens (including phenoxy) is 3. The molecular formula is C31H35BrN2O9S. The third-order valence-corrected chi connectivity index (χ3v) is 9.43. The smallest absolute Gasteiger partial charge is 0.410 e. The topological polar surface area (TPSA) is 152 Å². The molecule has 0 radical (unpaired) electrons. The lowest BCUT2D eigenvalue weighted by molar-refractivity contribution is -0.169. The highest BCUT2D eigenvalue weighted by Crippen LogP contribution is 2.41. The van der Waals surface area contributed by atoms with Crippen molar-refractivity contribution in [2.75, 3.05) is 13.1 Å². The second-order valence-corrected chi connectivity index (χ2v) is 13.5. The number of alkyl carbamates (subject to hydrolysis) is 1. The van der Waals surface area contributed by atoms with E-state index in [4.69, 9.17) is 14.2 Å². The van der Waals surface area contributed by atoms with Crippen LogP contribution in [0.2, 0.25) is 0 Å². The molecule has 0 aliphatic carbocycles. The molecule has 44 heavy (non-hydrogen) atoms. The van der Waals surface area contributed by atoms with Crippen LogP contribution in [0.3, 0.4) is 0 Å². The Labute approximate surface area is 264 Å². The molecule has 0 bridgehead atoms. The quantitative estimate of drug-likeness (QED) is 0.190. The molecule has 0 saturated carbocycles. The number of aliphatic hydroxyl groups excluding tert-OH is 1. The summed E-state index contributed by atoms with van der Waals surface area (Å²) in [5.41, 5.74) is 0.345. The fourth-order valence-electron chi connectivity index (χ4n) is 4.61. The number of benzene rings is 3. The van der Waals surface area contributed by atoms with Gasteiger partial charge < -0.3 is 29.7 Å². The highest BCUT2D eigenvalue weighted by molar-refractivity contribution is 9.10. The molecule has 3 aromatic carbocycles. The van der Waals surface area contributed by atoms with Gasteiger partial charge in [-0.2, -0.15) is 4.31 Å². The lowest BCUT2D eigenvalue weighted by Gasteiger charge is -2.49. The van der Waals surface area contributed by atoms with E-state index < -0.39 is 52.2 Å². The first-order chi connectivity index (χ1) is 20.8. The van der Waals surface area contributed by atoms with E-state index in [-0.39, 0.29) is 24.4 Å². The molecule has 1 saturated heterocycles. The Balaban J connectivity index is 1.47. The fourth-order valence-corrected chi connectivity index (χ4v) is 6.58. The van der Waals surface area contributed by atoms with Gasteiger partial charge in [-0.3, -0.25) is 4.79 Å². The third kappa shape index (κ3) is 7.96. The summed E-state index contributed by atoms with van der Waals surface area (Å²) in [4.78, 5) is 24.1. The molecule has 2 atom stereocenters. The van der Waals surface area contributed by atoms with Gasteiger partial charge in [0.1, 0.15) is 5.75 Å². The van der Waals surface area contributed by atoms with Gasteiger partial charge in [-0.05, 0) is 57.7 Å². The molecule has 0 aromatic heterocycles. The van der Waals surface area contributed by atoms with E-state index in [0.717, 1.165) is 10.0 Å². The zero-order valence-corrected chi connectivity index (χ0v) is 26.8. The first kappa shape index (κ1) is 33.4. The summed E-state index contributed by atoms with van der Waals surface area (Å²) in [6, 6.07) is 21.5.